The highest BCUT2D eigenvalue weighted by Gasteiger charge is 2.15. The summed E-state index contributed by atoms with van der Waals surface area (Å²) in [5, 5.41) is 9.33. The molecule has 0 spiro atoms. The van der Waals surface area contributed by atoms with Crippen LogP contribution >= 0.6 is 0 Å². The number of rotatable bonds is 5. The Kier molecular flexibility index (Phi) is 5.02. The van der Waals surface area contributed by atoms with Crippen molar-refractivity contribution in [1.29, 1.82) is 5.26 Å². The summed E-state index contributed by atoms with van der Waals surface area (Å²) in [6, 6.07) is 23.0. The molecule has 4 rings (SSSR count). The number of nitriles is 1. The van der Waals surface area contributed by atoms with Crippen LogP contribution in [0.5, 0.6) is 0 Å². The number of imidazole rings is 1. The molecule has 1 aromatic heterocycles. The van der Waals surface area contributed by atoms with E-state index < -0.39 is 10.0 Å². The molecule has 1 N–H and O–H groups in total. The molecule has 0 aliphatic rings. The zero-order chi connectivity index (χ0) is 21.3. The maximum Gasteiger partial charge on any atom is 0.229 e. The molecule has 0 fully saturated rings. The molecule has 0 atom stereocenters. The Morgan fingerprint density at radius 1 is 1.07 bits per heavy atom. The molecular formula is C23H20N4O2S. The Hall–Kier alpha value is -3.63. The van der Waals surface area contributed by atoms with Crippen molar-refractivity contribution in [2.24, 2.45) is 0 Å². The van der Waals surface area contributed by atoms with E-state index in [-0.39, 0.29) is 0 Å². The number of aryl methyl sites for hydroxylation is 1. The molecule has 0 aliphatic carbocycles. The fraction of sp³-hybridized carbons (Fsp3) is 0.130. The van der Waals surface area contributed by atoms with Gasteiger partial charge < -0.3 is 4.57 Å². The molecule has 30 heavy (non-hydrogen) atoms. The number of aromatic nitrogens is 2. The molecule has 0 unspecified atom stereocenters. The van der Waals surface area contributed by atoms with E-state index in [9.17, 15) is 13.7 Å². The molecule has 4 aromatic rings. The summed E-state index contributed by atoms with van der Waals surface area (Å²) < 4.78 is 27.8. The number of hydrogen-bond donors (Lipinski definition) is 1. The Labute approximate surface area is 175 Å². The van der Waals surface area contributed by atoms with E-state index in [1.54, 1.807) is 24.3 Å². The lowest BCUT2D eigenvalue weighted by Gasteiger charge is -2.11. The molecule has 0 saturated heterocycles. The van der Waals surface area contributed by atoms with Crippen molar-refractivity contribution < 1.29 is 8.42 Å². The summed E-state index contributed by atoms with van der Waals surface area (Å²) in [4.78, 5) is 4.79. The monoisotopic (exact) mass is 416 g/mol. The maximum atomic E-state index is 11.6. The standard InChI is InChI=1S/C23H20N4O2S/c1-16-6-8-17(9-7-16)15-27-22-12-18(14-24)10-11-21(22)25-23(27)19-4-3-5-20(13-19)26-30(2,28)29/h3-13,26H,15H2,1-2H3. The maximum absolute atomic E-state index is 11.6. The van der Waals surface area contributed by atoms with Gasteiger partial charge in [0.15, 0.2) is 0 Å². The molecule has 0 saturated carbocycles. The van der Waals surface area contributed by atoms with Gasteiger partial charge in [0, 0.05) is 17.8 Å². The second-order valence-electron chi connectivity index (χ2n) is 7.28. The quantitative estimate of drug-likeness (QED) is 0.525. The molecule has 150 valence electrons. The van der Waals surface area contributed by atoms with E-state index in [4.69, 9.17) is 4.98 Å². The van der Waals surface area contributed by atoms with Gasteiger partial charge in [-0.05, 0) is 42.8 Å². The third-order valence-corrected chi connectivity index (χ3v) is 5.37. The molecular weight excluding hydrogens is 396 g/mol. The Morgan fingerprint density at radius 3 is 2.53 bits per heavy atom. The van der Waals surface area contributed by atoms with Gasteiger partial charge in [-0.25, -0.2) is 13.4 Å². The Morgan fingerprint density at radius 2 is 1.83 bits per heavy atom. The first kappa shape index (κ1) is 19.7. The van der Waals surface area contributed by atoms with Crippen LogP contribution in [-0.4, -0.2) is 24.2 Å². The summed E-state index contributed by atoms with van der Waals surface area (Å²) in [5.74, 6) is 0.706. The van der Waals surface area contributed by atoms with Crippen molar-refractivity contribution in [3.05, 3.63) is 83.4 Å². The van der Waals surface area contributed by atoms with Gasteiger partial charge in [0.1, 0.15) is 5.82 Å². The van der Waals surface area contributed by atoms with Crippen LogP contribution in [0.1, 0.15) is 16.7 Å². The van der Waals surface area contributed by atoms with E-state index in [0.29, 0.717) is 23.6 Å². The van der Waals surface area contributed by atoms with Gasteiger partial charge in [-0.2, -0.15) is 5.26 Å². The molecule has 0 amide bonds. The largest absolute Gasteiger partial charge is 0.319 e. The Bertz CT molecular complexity index is 1380. The highest BCUT2D eigenvalue weighted by atomic mass is 32.2. The fourth-order valence-electron chi connectivity index (χ4n) is 3.38. The van der Waals surface area contributed by atoms with Crippen LogP contribution in [0.15, 0.2) is 66.7 Å². The number of benzene rings is 3. The van der Waals surface area contributed by atoms with Crippen LogP contribution in [-0.2, 0) is 16.6 Å². The minimum absolute atomic E-state index is 0.474. The molecule has 7 heteroatoms. The van der Waals surface area contributed by atoms with Crippen LogP contribution in [0.2, 0.25) is 0 Å². The van der Waals surface area contributed by atoms with E-state index in [1.807, 2.05) is 25.1 Å². The number of fused-ring (bicyclic) bond motifs is 1. The van der Waals surface area contributed by atoms with Crippen molar-refractivity contribution in [2.75, 3.05) is 11.0 Å². The summed E-state index contributed by atoms with van der Waals surface area (Å²) in [7, 11) is -3.39. The normalized spacial score (nSPS) is 11.4. The first-order valence-corrected chi connectivity index (χ1v) is 11.3. The van der Waals surface area contributed by atoms with Gasteiger partial charge in [-0.1, -0.05) is 42.0 Å². The summed E-state index contributed by atoms with van der Waals surface area (Å²) in [6.07, 6.45) is 1.12. The third kappa shape index (κ3) is 4.19. The van der Waals surface area contributed by atoms with Crippen molar-refractivity contribution in [2.45, 2.75) is 13.5 Å². The second kappa shape index (κ2) is 7.65. The van der Waals surface area contributed by atoms with Crippen molar-refractivity contribution in [3.8, 4) is 17.5 Å². The van der Waals surface area contributed by atoms with Gasteiger partial charge in [0.2, 0.25) is 10.0 Å². The number of nitrogens with zero attached hydrogens (tertiary/aromatic N) is 3. The number of anilines is 1. The zero-order valence-electron chi connectivity index (χ0n) is 16.6. The van der Waals surface area contributed by atoms with Gasteiger partial charge in [0.05, 0.1) is 28.9 Å². The smallest absolute Gasteiger partial charge is 0.229 e. The molecule has 1 heterocycles. The minimum Gasteiger partial charge on any atom is -0.319 e. The molecule has 3 aromatic carbocycles. The number of nitrogens with one attached hydrogen (secondary N) is 1. The topological polar surface area (TPSA) is 87.8 Å². The van der Waals surface area contributed by atoms with Crippen LogP contribution in [0, 0.1) is 18.3 Å². The van der Waals surface area contributed by atoms with Gasteiger partial charge in [0.25, 0.3) is 0 Å². The molecule has 6 nitrogen and oxygen atoms in total. The van der Waals surface area contributed by atoms with E-state index in [2.05, 4.69) is 39.6 Å². The predicted octanol–water partition coefficient (Wildman–Crippen LogP) is 4.30. The van der Waals surface area contributed by atoms with Crippen molar-refractivity contribution in [3.63, 3.8) is 0 Å². The average molecular weight is 417 g/mol. The first-order chi connectivity index (χ1) is 14.3. The average Bonchev–Trinajstić information content (AvgIpc) is 3.06. The lowest BCUT2D eigenvalue weighted by Crippen LogP contribution is -2.09. The molecule has 0 radical (unpaired) electrons. The van der Waals surface area contributed by atoms with E-state index >= 15 is 0 Å². The summed E-state index contributed by atoms with van der Waals surface area (Å²) in [6.45, 7) is 2.62. The van der Waals surface area contributed by atoms with Crippen molar-refractivity contribution in [1.82, 2.24) is 9.55 Å². The lowest BCUT2D eigenvalue weighted by molar-refractivity contribution is 0.607. The fourth-order valence-corrected chi connectivity index (χ4v) is 3.94. The second-order valence-corrected chi connectivity index (χ2v) is 9.03. The van der Waals surface area contributed by atoms with Crippen LogP contribution < -0.4 is 4.72 Å². The number of sulfonamides is 1. The summed E-state index contributed by atoms with van der Waals surface area (Å²) in [5.41, 5.74) is 5.73. The highest BCUT2D eigenvalue weighted by molar-refractivity contribution is 7.92. The first-order valence-electron chi connectivity index (χ1n) is 9.36. The van der Waals surface area contributed by atoms with Gasteiger partial charge in [-0.15, -0.1) is 0 Å². The molecule has 0 aliphatic heterocycles. The third-order valence-electron chi connectivity index (χ3n) is 4.76. The van der Waals surface area contributed by atoms with Gasteiger partial charge in [-0.3, -0.25) is 4.72 Å². The minimum atomic E-state index is -3.39. The SMILES string of the molecule is Cc1ccc(Cn2c(-c3cccc(NS(C)(=O)=O)c3)nc3ccc(C#N)cc32)cc1. The molecule has 0 bridgehead atoms. The van der Waals surface area contributed by atoms with E-state index in [0.717, 1.165) is 28.4 Å². The van der Waals surface area contributed by atoms with Crippen molar-refractivity contribution >= 4 is 26.7 Å². The predicted molar refractivity (Wildman–Crippen MR) is 119 cm³/mol. The zero-order valence-corrected chi connectivity index (χ0v) is 17.4. The van der Waals surface area contributed by atoms with Crippen LogP contribution in [0.3, 0.4) is 0 Å². The number of hydrogen-bond acceptors (Lipinski definition) is 4. The van der Waals surface area contributed by atoms with E-state index in [1.165, 1.54) is 5.56 Å². The van der Waals surface area contributed by atoms with Crippen LogP contribution in [0.25, 0.3) is 22.4 Å². The van der Waals surface area contributed by atoms with Crippen LogP contribution in [0.4, 0.5) is 5.69 Å². The Balaban J connectivity index is 1.88. The van der Waals surface area contributed by atoms with Gasteiger partial charge >= 0.3 is 0 Å². The summed E-state index contributed by atoms with van der Waals surface area (Å²) >= 11 is 0. The highest BCUT2D eigenvalue weighted by Crippen LogP contribution is 2.28. The lowest BCUT2D eigenvalue weighted by atomic mass is 10.1.